The first-order valence-corrected chi connectivity index (χ1v) is 9.38. The average molecular weight is 370 g/mol. The van der Waals surface area contributed by atoms with E-state index in [9.17, 15) is 8.42 Å². The Kier molecular flexibility index (Phi) is 5.27. The first kappa shape index (κ1) is 18.0. The molecule has 0 heterocycles. The molecule has 7 nitrogen and oxygen atoms in total. The number of anilines is 1. The van der Waals surface area contributed by atoms with Crippen molar-refractivity contribution in [3.63, 3.8) is 0 Å². The summed E-state index contributed by atoms with van der Waals surface area (Å²) in [6, 6.07) is 17.1. The lowest BCUT2D eigenvalue weighted by atomic mass is 10.1. The SMILES string of the molecule is NCCNc1ccc(N=Nc2ccc(S(=O)(=O)O)cc2)c2ccccc12. The Bertz CT molecular complexity index is 1050. The number of nitrogens with two attached hydrogens (primary N) is 1. The van der Waals surface area contributed by atoms with Gasteiger partial charge in [-0.25, -0.2) is 0 Å². The van der Waals surface area contributed by atoms with Gasteiger partial charge in [-0.15, -0.1) is 5.11 Å². The van der Waals surface area contributed by atoms with Gasteiger partial charge in [0.2, 0.25) is 0 Å². The van der Waals surface area contributed by atoms with Crippen LogP contribution in [-0.2, 0) is 10.1 Å². The molecule has 0 atom stereocenters. The van der Waals surface area contributed by atoms with Crippen LogP contribution < -0.4 is 11.1 Å². The second kappa shape index (κ2) is 7.61. The zero-order valence-corrected chi connectivity index (χ0v) is 14.6. The van der Waals surface area contributed by atoms with Crippen LogP contribution in [0.4, 0.5) is 17.1 Å². The van der Waals surface area contributed by atoms with Crippen LogP contribution in [0.5, 0.6) is 0 Å². The summed E-state index contributed by atoms with van der Waals surface area (Å²) in [5.74, 6) is 0. The lowest BCUT2D eigenvalue weighted by Gasteiger charge is -2.10. The van der Waals surface area contributed by atoms with Gasteiger partial charge in [-0.2, -0.15) is 13.5 Å². The van der Waals surface area contributed by atoms with Gasteiger partial charge in [-0.05, 0) is 36.4 Å². The molecule has 0 saturated carbocycles. The molecule has 0 unspecified atom stereocenters. The molecule has 0 radical (unpaired) electrons. The van der Waals surface area contributed by atoms with Gasteiger partial charge in [0, 0.05) is 29.5 Å². The van der Waals surface area contributed by atoms with E-state index in [0.29, 0.717) is 24.5 Å². The van der Waals surface area contributed by atoms with Gasteiger partial charge in [0.05, 0.1) is 16.3 Å². The van der Waals surface area contributed by atoms with Crippen molar-refractivity contribution in [2.75, 3.05) is 18.4 Å². The molecule has 0 aliphatic rings. The van der Waals surface area contributed by atoms with E-state index < -0.39 is 10.1 Å². The molecular formula is C18H18N4O3S. The maximum Gasteiger partial charge on any atom is 0.294 e. The summed E-state index contributed by atoms with van der Waals surface area (Å²) in [6.07, 6.45) is 0. The van der Waals surface area contributed by atoms with Crippen molar-refractivity contribution < 1.29 is 13.0 Å². The minimum atomic E-state index is -4.22. The number of hydrogen-bond acceptors (Lipinski definition) is 6. The summed E-state index contributed by atoms with van der Waals surface area (Å²) in [7, 11) is -4.22. The fraction of sp³-hybridized carbons (Fsp3) is 0.111. The van der Waals surface area contributed by atoms with Crippen LogP contribution in [0.3, 0.4) is 0 Å². The largest absolute Gasteiger partial charge is 0.383 e. The van der Waals surface area contributed by atoms with E-state index in [-0.39, 0.29) is 4.90 Å². The standard InChI is InChI=1S/C18H18N4O3S/c19-11-12-20-17-9-10-18(16-4-2-1-3-15(16)17)22-21-13-5-7-14(8-6-13)26(23,24)25/h1-10,20H,11-12,19H2,(H,23,24,25). The van der Waals surface area contributed by atoms with Crippen molar-refractivity contribution in [3.05, 3.63) is 60.7 Å². The van der Waals surface area contributed by atoms with Gasteiger partial charge in [0.1, 0.15) is 0 Å². The summed E-state index contributed by atoms with van der Waals surface area (Å²) in [5, 5.41) is 13.7. The number of nitrogens with zero attached hydrogens (tertiary/aromatic N) is 2. The van der Waals surface area contributed by atoms with E-state index in [1.165, 1.54) is 24.3 Å². The minimum Gasteiger partial charge on any atom is -0.383 e. The van der Waals surface area contributed by atoms with Gasteiger partial charge >= 0.3 is 0 Å². The third-order valence-electron chi connectivity index (χ3n) is 3.77. The molecule has 4 N–H and O–H groups in total. The molecule has 0 aliphatic heterocycles. The summed E-state index contributed by atoms with van der Waals surface area (Å²) in [6.45, 7) is 1.21. The first-order valence-electron chi connectivity index (χ1n) is 7.94. The van der Waals surface area contributed by atoms with Gasteiger partial charge < -0.3 is 11.1 Å². The summed E-state index contributed by atoms with van der Waals surface area (Å²) in [4.78, 5) is -0.183. The smallest absolute Gasteiger partial charge is 0.294 e. The fourth-order valence-corrected chi connectivity index (χ4v) is 3.01. The summed E-state index contributed by atoms with van der Waals surface area (Å²) >= 11 is 0. The number of nitrogens with one attached hydrogen (secondary N) is 1. The van der Waals surface area contributed by atoms with Gasteiger partial charge in [0.25, 0.3) is 10.1 Å². The number of azo groups is 1. The van der Waals surface area contributed by atoms with Crippen molar-refractivity contribution in [1.82, 2.24) is 0 Å². The molecule has 8 heteroatoms. The molecule has 0 saturated heterocycles. The van der Waals surface area contributed by atoms with Gasteiger partial charge in [0.15, 0.2) is 0 Å². The maximum atomic E-state index is 11.1. The van der Waals surface area contributed by atoms with Crippen molar-refractivity contribution in [2.24, 2.45) is 16.0 Å². The number of hydrogen-bond donors (Lipinski definition) is 3. The average Bonchev–Trinajstić information content (AvgIpc) is 2.64. The molecule has 0 fully saturated rings. The fourth-order valence-electron chi connectivity index (χ4n) is 2.53. The highest BCUT2D eigenvalue weighted by atomic mass is 32.2. The van der Waals surface area contributed by atoms with Crippen LogP contribution in [0.1, 0.15) is 0 Å². The predicted octanol–water partition coefficient (Wildman–Crippen LogP) is 3.87. The van der Waals surface area contributed by atoms with Crippen LogP contribution in [0, 0.1) is 0 Å². The topological polar surface area (TPSA) is 117 Å². The Morgan fingerprint density at radius 3 is 2.27 bits per heavy atom. The van der Waals surface area contributed by atoms with Crippen LogP contribution in [0.15, 0.2) is 75.8 Å². The van der Waals surface area contributed by atoms with Crippen LogP contribution in [0.2, 0.25) is 0 Å². The molecule has 0 aliphatic carbocycles. The van der Waals surface area contributed by atoms with E-state index in [0.717, 1.165) is 16.5 Å². The van der Waals surface area contributed by atoms with E-state index >= 15 is 0 Å². The molecule has 3 aromatic rings. The molecule has 134 valence electrons. The minimum absolute atomic E-state index is 0.183. The summed E-state index contributed by atoms with van der Waals surface area (Å²) < 4.78 is 31.1. The van der Waals surface area contributed by atoms with Gasteiger partial charge in [-0.3, -0.25) is 4.55 Å². The molecule has 3 aromatic carbocycles. The summed E-state index contributed by atoms with van der Waals surface area (Å²) in [5.41, 5.74) is 7.70. The third-order valence-corrected chi connectivity index (χ3v) is 4.64. The molecule has 0 amide bonds. The van der Waals surface area contributed by atoms with Crippen LogP contribution in [0.25, 0.3) is 10.8 Å². The van der Waals surface area contributed by atoms with Crippen LogP contribution >= 0.6 is 0 Å². The third kappa shape index (κ3) is 4.05. The zero-order valence-electron chi connectivity index (χ0n) is 13.8. The molecule has 0 bridgehead atoms. The number of fused-ring (bicyclic) bond motifs is 1. The van der Waals surface area contributed by atoms with E-state index in [1.54, 1.807) is 0 Å². The Balaban J connectivity index is 1.92. The Labute approximate surface area is 151 Å². The monoisotopic (exact) mass is 370 g/mol. The lowest BCUT2D eigenvalue weighted by Crippen LogP contribution is -2.13. The Morgan fingerprint density at radius 2 is 1.62 bits per heavy atom. The second-order valence-electron chi connectivity index (χ2n) is 5.56. The maximum absolute atomic E-state index is 11.1. The van der Waals surface area contributed by atoms with E-state index in [4.69, 9.17) is 10.3 Å². The predicted molar refractivity (Wildman–Crippen MR) is 102 cm³/mol. The Morgan fingerprint density at radius 1 is 0.923 bits per heavy atom. The molecule has 26 heavy (non-hydrogen) atoms. The molecule has 3 rings (SSSR count). The van der Waals surface area contributed by atoms with Crippen LogP contribution in [-0.4, -0.2) is 26.1 Å². The lowest BCUT2D eigenvalue weighted by molar-refractivity contribution is 0.483. The van der Waals surface area contributed by atoms with Crippen molar-refractivity contribution in [2.45, 2.75) is 4.90 Å². The molecule has 0 spiro atoms. The highest BCUT2D eigenvalue weighted by molar-refractivity contribution is 7.85. The highest BCUT2D eigenvalue weighted by Gasteiger charge is 2.08. The Hall–Kier alpha value is -2.81. The van der Waals surface area contributed by atoms with Crippen molar-refractivity contribution >= 4 is 38.0 Å². The van der Waals surface area contributed by atoms with Gasteiger partial charge in [-0.1, -0.05) is 24.3 Å². The van der Waals surface area contributed by atoms with E-state index in [2.05, 4.69) is 15.5 Å². The highest BCUT2D eigenvalue weighted by Crippen LogP contribution is 2.32. The zero-order chi connectivity index (χ0) is 18.6. The van der Waals surface area contributed by atoms with Crippen molar-refractivity contribution in [3.8, 4) is 0 Å². The van der Waals surface area contributed by atoms with Crippen molar-refractivity contribution in [1.29, 1.82) is 0 Å². The molecule has 0 aromatic heterocycles. The number of benzene rings is 3. The molecular weight excluding hydrogens is 352 g/mol. The van der Waals surface area contributed by atoms with E-state index in [1.807, 2.05) is 36.4 Å². The second-order valence-corrected chi connectivity index (χ2v) is 6.98. The normalized spacial score (nSPS) is 11.9. The first-order chi connectivity index (χ1) is 12.5. The number of rotatable bonds is 6. The quantitative estimate of drug-likeness (QED) is 0.450.